The van der Waals surface area contributed by atoms with Crippen LogP contribution in [0.25, 0.3) is 0 Å². The summed E-state index contributed by atoms with van der Waals surface area (Å²) >= 11 is 0. The van der Waals surface area contributed by atoms with Crippen LogP contribution < -0.4 is 5.32 Å². The zero-order valence-electron chi connectivity index (χ0n) is 7.38. The number of rotatable bonds is 2. The van der Waals surface area contributed by atoms with Gasteiger partial charge in [0.05, 0.1) is 0 Å². The topological polar surface area (TPSA) is 38.3 Å². The number of ether oxygens (including phenoxy) is 1. The molecular formula is C9H15NO2. The van der Waals surface area contributed by atoms with Gasteiger partial charge in [0.1, 0.15) is 0 Å². The molecular weight excluding hydrogens is 154 g/mol. The Morgan fingerprint density at radius 1 is 1.50 bits per heavy atom. The fourth-order valence-corrected chi connectivity index (χ4v) is 1.24. The van der Waals surface area contributed by atoms with Crippen LogP contribution in [0.5, 0.6) is 0 Å². The number of carbonyl (C=O) groups excluding carboxylic acids is 1. The van der Waals surface area contributed by atoms with Crippen molar-refractivity contribution < 1.29 is 9.53 Å². The van der Waals surface area contributed by atoms with Gasteiger partial charge >= 0.3 is 0 Å². The summed E-state index contributed by atoms with van der Waals surface area (Å²) in [4.78, 5) is 11.1. The van der Waals surface area contributed by atoms with Crippen LogP contribution in [0.2, 0.25) is 0 Å². The zero-order valence-corrected chi connectivity index (χ0v) is 7.38. The van der Waals surface area contributed by atoms with Crippen LogP contribution in [0.3, 0.4) is 0 Å². The van der Waals surface area contributed by atoms with Crippen molar-refractivity contribution in [2.24, 2.45) is 0 Å². The molecule has 0 aromatic heterocycles. The lowest BCUT2D eigenvalue weighted by atomic mass is 10.1. The maximum absolute atomic E-state index is 11.1. The number of hydrogen-bond acceptors (Lipinski definition) is 2. The molecule has 1 fully saturated rings. The molecule has 0 aliphatic carbocycles. The summed E-state index contributed by atoms with van der Waals surface area (Å²) in [6.07, 6.45) is 5.16. The van der Waals surface area contributed by atoms with Gasteiger partial charge in [0.15, 0.2) is 0 Å². The van der Waals surface area contributed by atoms with E-state index in [1.807, 2.05) is 6.92 Å². The molecule has 0 atom stereocenters. The van der Waals surface area contributed by atoms with E-state index in [0.717, 1.165) is 26.1 Å². The van der Waals surface area contributed by atoms with Crippen LogP contribution in [0.15, 0.2) is 12.2 Å². The highest BCUT2D eigenvalue weighted by molar-refractivity contribution is 5.87. The first kappa shape index (κ1) is 9.26. The van der Waals surface area contributed by atoms with Crippen molar-refractivity contribution in [1.82, 2.24) is 5.32 Å². The van der Waals surface area contributed by atoms with E-state index in [2.05, 4.69) is 5.32 Å². The van der Waals surface area contributed by atoms with Crippen molar-refractivity contribution in [2.45, 2.75) is 25.8 Å². The smallest absolute Gasteiger partial charge is 0.243 e. The molecule has 1 aliphatic heterocycles. The van der Waals surface area contributed by atoms with Gasteiger partial charge in [-0.05, 0) is 25.8 Å². The molecule has 3 heteroatoms. The van der Waals surface area contributed by atoms with Gasteiger partial charge < -0.3 is 10.1 Å². The molecule has 1 rings (SSSR count). The van der Waals surface area contributed by atoms with Gasteiger partial charge in [0.2, 0.25) is 5.91 Å². The number of hydrogen-bond donors (Lipinski definition) is 1. The average molecular weight is 169 g/mol. The molecule has 1 heterocycles. The predicted octanol–water partition coefficient (Wildman–Crippen LogP) is 0.858. The van der Waals surface area contributed by atoms with Crippen LogP contribution >= 0.6 is 0 Å². The molecule has 0 spiro atoms. The second-order valence-electron chi connectivity index (χ2n) is 2.90. The van der Waals surface area contributed by atoms with Gasteiger partial charge in [-0.3, -0.25) is 4.79 Å². The highest BCUT2D eigenvalue weighted by Gasteiger charge is 2.14. The maximum Gasteiger partial charge on any atom is 0.243 e. The minimum atomic E-state index is 0.00407. The average Bonchev–Trinajstić information content (AvgIpc) is 2.06. The molecule has 1 aliphatic rings. The molecule has 0 unspecified atom stereocenters. The Kier molecular flexibility index (Phi) is 3.80. The summed E-state index contributed by atoms with van der Waals surface area (Å²) < 4.78 is 5.17. The molecule has 0 saturated carbocycles. The van der Waals surface area contributed by atoms with E-state index >= 15 is 0 Å². The number of carbonyl (C=O) groups is 1. The summed E-state index contributed by atoms with van der Waals surface area (Å²) in [7, 11) is 0. The van der Waals surface area contributed by atoms with Crippen molar-refractivity contribution in [3.8, 4) is 0 Å². The van der Waals surface area contributed by atoms with Crippen LogP contribution in [-0.2, 0) is 9.53 Å². The number of allylic oxidation sites excluding steroid dienone is 1. The van der Waals surface area contributed by atoms with Gasteiger partial charge in [0, 0.05) is 19.3 Å². The van der Waals surface area contributed by atoms with Crippen LogP contribution in [-0.4, -0.2) is 25.2 Å². The molecule has 1 saturated heterocycles. The van der Waals surface area contributed by atoms with Crippen molar-refractivity contribution in [3.05, 3.63) is 12.2 Å². The summed E-state index contributed by atoms with van der Waals surface area (Å²) in [6.45, 7) is 3.37. The minimum Gasteiger partial charge on any atom is -0.381 e. The quantitative estimate of drug-likeness (QED) is 0.622. The molecule has 3 nitrogen and oxygen atoms in total. The normalized spacial score (nSPS) is 19.8. The Bertz CT molecular complexity index is 171. The van der Waals surface area contributed by atoms with E-state index in [4.69, 9.17) is 4.74 Å². The van der Waals surface area contributed by atoms with Crippen LogP contribution in [0, 0.1) is 0 Å². The maximum atomic E-state index is 11.1. The summed E-state index contributed by atoms with van der Waals surface area (Å²) in [5.41, 5.74) is 0. The van der Waals surface area contributed by atoms with Gasteiger partial charge in [-0.15, -0.1) is 0 Å². The highest BCUT2D eigenvalue weighted by atomic mass is 16.5. The Balaban J connectivity index is 2.24. The van der Waals surface area contributed by atoms with E-state index in [-0.39, 0.29) is 5.91 Å². The fraction of sp³-hybridized carbons (Fsp3) is 0.667. The molecule has 1 amide bonds. The summed E-state index contributed by atoms with van der Waals surface area (Å²) in [5.74, 6) is 0.00407. The Morgan fingerprint density at radius 2 is 2.17 bits per heavy atom. The van der Waals surface area contributed by atoms with Crippen LogP contribution in [0.1, 0.15) is 19.8 Å². The third kappa shape index (κ3) is 3.05. The van der Waals surface area contributed by atoms with E-state index in [1.54, 1.807) is 12.2 Å². The second kappa shape index (κ2) is 4.93. The molecule has 1 N–H and O–H groups in total. The lowest BCUT2D eigenvalue weighted by molar-refractivity contribution is -0.117. The standard InChI is InChI=1S/C9H15NO2/c1-2-3-9(11)10-8-4-6-12-7-5-8/h2-3,8H,4-7H2,1H3,(H,10,11). The van der Waals surface area contributed by atoms with Crippen molar-refractivity contribution in [1.29, 1.82) is 0 Å². The van der Waals surface area contributed by atoms with Gasteiger partial charge in [-0.25, -0.2) is 0 Å². The molecule has 0 aromatic carbocycles. The van der Waals surface area contributed by atoms with Crippen molar-refractivity contribution in [3.63, 3.8) is 0 Å². The predicted molar refractivity (Wildman–Crippen MR) is 46.8 cm³/mol. The van der Waals surface area contributed by atoms with Crippen molar-refractivity contribution in [2.75, 3.05) is 13.2 Å². The Hall–Kier alpha value is -0.830. The van der Waals surface area contributed by atoms with Gasteiger partial charge in [-0.1, -0.05) is 6.08 Å². The molecule has 0 bridgehead atoms. The first-order valence-electron chi connectivity index (χ1n) is 4.34. The molecule has 68 valence electrons. The first-order chi connectivity index (χ1) is 5.83. The third-order valence-corrected chi connectivity index (χ3v) is 1.89. The van der Waals surface area contributed by atoms with Gasteiger partial charge in [0.25, 0.3) is 0 Å². The Morgan fingerprint density at radius 3 is 2.75 bits per heavy atom. The lowest BCUT2D eigenvalue weighted by Gasteiger charge is -2.22. The third-order valence-electron chi connectivity index (χ3n) is 1.89. The van der Waals surface area contributed by atoms with E-state index in [9.17, 15) is 4.79 Å². The minimum absolute atomic E-state index is 0.00407. The second-order valence-corrected chi connectivity index (χ2v) is 2.90. The first-order valence-corrected chi connectivity index (χ1v) is 4.34. The van der Waals surface area contributed by atoms with E-state index < -0.39 is 0 Å². The summed E-state index contributed by atoms with van der Waals surface area (Å²) in [5, 5.41) is 2.91. The van der Waals surface area contributed by atoms with Crippen molar-refractivity contribution >= 4 is 5.91 Å². The Labute approximate surface area is 72.8 Å². The zero-order chi connectivity index (χ0) is 8.81. The monoisotopic (exact) mass is 169 g/mol. The fourth-order valence-electron chi connectivity index (χ4n) is 1.24. The lowest BCUT2D eigenvalue weighted by Crippen LogP contribution is -2.37. The van der Waals surface area contributed by atoms with Gasteiger partial charge in [-0.2, -0.15) is 0 Å². The highest BCUT2D eigenvalue weighted by Crippen LogP contribution is 2.05. The summed E-state index contributed by atoms with van der Waals surface area (Å²) in [6, 6.07) is 0.308. The van der Waals surface area contributed by atoms with E-state index in [1.165, 1.54) is 0 Å². The number of nitrogens with one attached hydrogen (secondary N) is 1. The molecule has 0 aromatic rings. The number of amides is 1. The molecule has 0 radical (unpaired) electrons. The van der Waals surface area contributed by atoms with E-state index in [0.29, 0.717) is 6.04 Å². The molecule has 12 heavy (non-hydrogen) atoms. The SMILES string of the molecule is CC=CC(=O)NC1CCOCC1. The van der Waals surface area contributed by atoms with Crippen LogP contribution in [0.4, 0.5) is 0 Å². The largest absolute Gasteiger partial charge is 0.381 e.